The number of phenolic OH excluding ortho intramolecular Hbond substituents is 1. The van der Waals surface area contributed by atoms with Gasteiger partial charge < -0.3 is 20.2 Å². The molecule has 2 saturated heterocycles. The van der Waals surface area contributed by atoms with E-state index in [4.69, 9.17) is 6.42 Å². The predicted molar refractivity (Wildman–Crippen MR) is 139 cm³/mol. The van der Waals surface area contributed by atoms with Crippen molar-refractivity contribution in [3.05, 3.63) is 65.7 Å². The Morgan fingerprint density at radius 2 is 1.81 bits per heavy atom. The van der Waals surface area contributed by atoms with Crippen LogP contribution in [0.4, 0.5) is 4.79 Å². The van der Waals surface area contributed by atoms with E-state index >= 15 is 0 Å². The Kier molecular flexibility index (Phi) is 7.99. The normalized spacial score (nSPS) is 20.1. The Bertz CT molecular complexity index is 1160. The maximum absolute atomic E-state index is 13.6. The summed E-state index contributed by atoms with van der Waals surface area (Å²) in [6.45, 7) is 5.02. The van der Waals surface area contributed by atoms with Crippen LogP contribution in [0.3, 0.4) is 0 Å². The number of aromatic hydroxyl groups is 1. The summed E-state index contributed by atoms with van der Waals surface area (Å²) in [7, 11) is 0. The van der Waals surface area contributed by atoms with Crippen LogP contribution in [0.2, 0.25) is 0 Å². The van der Waals surface area contributed by atoms with Gasteiger partial charge in [-0.1, -0.05) is 62.2 Å². The first kappa shape index (κ1) is 26.0. The molecule has 2 aliphatic rings. The quantitative estimate of drug-likeness (QED) is 0.564. The number of carbonyl (C=O) groups excluding carboxylic acids is 3. The molecule has 2 aliphatic heterocycles. The van der Waals surface area contributed by atoms with Crippen LogP contribution in [0.25, 0.3) is 0 Å². The van der Waals surface area contributed by atoms with Gasteiger partial charge in [0.25, 0.3) is 0 Å². The summed E-state index contributed by atoms with van der Waals surface area (Å²) in [4.78, 5) is 43.9. The minimum atomic E-state index is -0.785. The number of phenols is 1. The van der Waals surface area contributed by atoms with Crippen LogP contribution in [0.1, 0.15) is 25.0 Å². The van der Waals surface area contributed by atoms with E-state index in [1.54, 1.807) is 39.1 Å². The Morgan fingerprint density at radius 1 is 1.11 bits per heavy atom. The summed E-state index contributed by atoms with van der Waals surface area (Å²) in [5.74, 6) is 2.47. The second-order valence-corrected chi connectivity index (χ2v) is 9.82. The van der Waals surface area contributed by atoms with Gasteiger partial charge in [0.05, 0.1) is 19.6 Å². The van der Waals surface area contributed by atoms with Gasteiger partial charge in [0.15, 0.2) is 0 Å². The molecule has 2 aromatic rings. The number of carbonyl (C=O) groups is 3. The predicted octanol–water partition coefficient (Wildman–Crippen LogP) is 2.03. The number of amides is 4. The van der Waals surface area contributed by atoms with Crippen LogP contribution < -0.4 is 5.32 Å². The highest BCUT2D eigenvalue weighted by atomic mass is 16.3. The number of fused-ring (bicyclic) bond motifs is 1. The van der Waals surface area contributed by atoms with Gasteiger partial charge >= 0.3 is 6.03 Å². The summed E-state index contributed by atoms with van der Waals surface area (Å²) in [6, 6.07) is 15.0. The van der Waals surface area contributed by atoms with Crippen LogP contribution in [-0.2, 0) is 22.6 Å². The maximum Gasteiger partial charge on any atom is 0.334 e. The zero-order valence-electron chi connectivity index (χ0n) is 21.2. The second kappa shape index (κ2) is 11.4. The molecule has 0 aliphatic carbocycles. The Balaban J connectivity index is 1.67. The van der Waals surface area contributed by atoms with Crippen molar-refractivity contribution < 1.29 is 19.5 Å². The SMILES string of the molecule is C#CCN1CC(=O)N2[C@@H](Cc3ccc(O)cc3)C(=O)N(CC(C)C)C[C@@H]2N1C(=O)NCc1ccccc1. The summed E-state index contributed by atoms with van der Waals surface area (Å²) < 4.78 is 0. The number of benzene rings is 2. The summed E-state index contributed by atoms with van der Waals surface area (Å²) in [6.07, 6.45) is 5.16. The zero-order valence-corrected chi connectivity index (χ0v) is 21.2. The van der Waals surface area contributed by atoms with Gasteiger partial charge in [0, 0.05) is 19.5 Å². The number of hydrazine groups is 1. The number of hydrogen-bond acceptors (Lipinski definition) is 5. The molecule has 2 fully saturated rings. The molecular formula is C28H33N5O4. The first-order valence-corrected chi connectivity index (χ1v) is 12.5. The number of hydrogen-bond donors (Lipinski definition) is 2. The van der Waals surface area contributed by atoms with Crippen molar-refractivity contribution in [2.75, 3.05) is 26.2 Å². The summed E-state index contributed by atoms with van der Waals surface area (Å²) in [5.41, 5.74) is 1.75. The molecule has 0 spiro atoms. The fraction of sp³-hybridized carbons (Fsp3) is 0.393. The fourth-order valence-electron chi connectivity index (χ4n) is 4.95. The molecule has 0 bridgehead atoms. The Morgan fingerprint density at radius 3 is 2.46 bits per heavy atom. The molecule has 2 N–H and O–H groups in total. The van der Waals surface area contributed by atoms with Crippen molar-refractivity contribution >= 4 is 17.8 Å². The summed E-state index contributed by atoms with van der Waals surface area (Å²) in [5, 5.41) is 15.7. The molecular weight excluding hydrogens is 470 g/mol. The third kappa shape index (κ3) is 5.87. The average Bonchev–Trinajstić information content (AvgIpc) is 2.87. The molecule has 4 amide bonds. The molecule has 9 nitrogen and oxygen atoms in total. The van der Waals surface area contributed by atoms with Crippen LogP contribution in [0, 0.1) is 18.3 Å². The van der Waals surface area contributed by atoms with Gasteiger partial charge in [0.2, 0.25) is 11.8 Å². The number of nitrogens with zero attached hydrogens (tertiary/aromatic N) is 4. The highest BCUT2D eigenvalue weighted by molar-refractivity contribution is 5.91. The average molecular weight is 504 g/mol. The van der Waals surface area contributed by atoms with Crippen molar-refractivity contribution in [3.63, 3.8) is 0 Å². The molecule has 37 heavy (non-hydrogen) atoms. The number of rotatable bonds is 7. The van der Waals surface area contributed by atoms with Gasteiger partial charge in [-0.15, -0.1) is 6.42 Å². The minimum Gasteiger partial charge on any atom is -0.508 e. The minimum absolute atomic E-state index is 0.0790. The molecule has 2 aromatic carbocycles. The smallest absolute Gasteiger partial charge is 0.334 e. The first-order valence-electron chi connectivity index (χ1n) is 12.5. The standard InChI is InChI=1S/C28H33N5O4/c1-4-14-31-19-26(35)32-24(15-21-10-12-23(34)13-11-21)27(36)30(17-20(2)3)18-25(32)33(31)28(37)29-16-22-8-6-5-7-9-22/h1,5-13,20,24-25,34H,14-19H2,2-3H3,(H,29,37)/t24-,25-/m0/s1. The molecule has 0 aromatic heterocycles. The monoisotopic (exact) mass is 503 g/mol. The lowest BCUT2D eigenvalue weighted by atomic mass is 9.98. The Hall–Kier alpha value is -4.03. The van der Waals surface area contributed by atoms with Gasteiger partial charge in [-0.3, -0.25) is 9.59 Å². The van der Waals surface area contributed by atoms with E-state index in [1.807, 2.05) is 44.2 Å². The van der Waals surface area contributed by atoms with Gasteiger partial charge in [-0.05, 0) is 29.2 Å². The van der Waals surface area contributed by atoms with Crippen LogP contribution in [-0.4, -0.2) is 81.2 Å². The van der Waals surface area contributed by atoms with Gasteiger partial charge in [0.1, 0.15) is 18.0 Å². The molecule has 2 atom stereocenters. The van der Waals surface area contributed by atoms with Crippen molar-refractivity contribution in [3.8, 4) is 18.1 Å². The lowest BCUT2D eigenvalue weighted by Crippen LogP contribution is -2.76. The third-order valence-corrected chi connectivity index (χ3v) is 6.55. The maximum atomic E-state index is 13.6. The third-order valence-electron chi connectivity index (χ3n) is 6.55. The van der Waals surface area contributed by atoms with Crippen LogP contribution in [0.5, 0.6) is 5.75 Å². The van der Waals surface area contributed by atoms with E-state index in [2.05, 4.69) is 11.2 Å². The van der Waals surface area contributed by atoms with Crippen molar-refractivity contribution in [2.24, 2.45) is 5.92 Å². The largest absolute Gasteiger partial charge is 0.508 e. The van der Waals surface area contributed by atoms with E-state index in [1.165, 1.54) is 5.01 Å². The van der Waals surface area contributed by atoms with Crippen LogP contribution >= 0.6 is 0 Å². The number of piperazine rings is 1. The van der Waals surface area contributed by atoms with E-state index in [0.717, 1.165) is 11.1 Å². The van der Waals surface area contributed by atoms with Crippen LogP contribution in [0.15, 0.2) is 54.6 Å². The van der Waals surface area contributed by atoms with Crippen molar-refractivity contribution in [2.45, 2.75) is 39.0 Å². The molecule has 9 heteroatoms. The van der Waals surface area contributed by atoms with Gasteiger partial charge in [-0.2, -0.15) is 5.01 Å². The molecule has 0 radical (unpaired) electrons. The molecule has 0 unspecified atom stereocenters. The number of terminal acetylenes is 1. The highest BCUT2D eigenvalue weighted by Crippen LogP contribution is 2.29. The number of nitrogens with one attached hydrogen (secondary N) is 1. The topological polar surface area (TPSA) is 96.4 Å². The van der Waals surface area contributed by atoms with E-state index < -0.39 is 12.2 Å². The molecule has 194 valence electrons. The van der Waals surface area contributed by atoms with Crippen molar-refractivity contribution in [1.29, 1.82) is 0 Å². The fourth-order valence-corrected chi connectivity index (χ4v) is 4.95. The lowest BCUT2D eigenvalue weighted by Gasteiger charge is -2.55. The zero-order chi connectivity index (χ0) is 26.5. The molecule has 2 heterocycles. The molecule has 0 saturated carbocycles. The van der Waals surface area contributed by atoms with Gasteiger partial charge in [-0.25, -0.2) is 9.80 Å². The summed E-state index contributed by atoms with van der Waals surface area (Å²) >= 11 is 0. The lowest BCUT2D eigenvalue weighted by molar-refractivity contribution is -0.189. The first-order chi connectivity index (χ1) is 17.8. The van der Waals surface area contributed by atoms with E-state index in [9.17, 15) is 19.5 Å². The second-order valence-electron chi connectivity index (χ2n) is 9.82. The Labute approximate surface area is 217 Å². The highest BCUT2D eigenvalue weighted by Gasteiger charge is 2.51. The molecule has 4 rings (SSSR count). The van der Waals surface area contributed by atoms with Crippen molar-refractivity contribution in [1.82, 2.24) is 25.1 Å². The van der Waals surface area contributed by atoms with E-state index in [-0.39, 0.29) is 55.6 Å². The van der Waals surface area contributed by atoms with E-state index in [0.29, 0.717) is 13.1 Å². The number of urea groups is 1.